The normalized spacial score (nSPS) is 16.6. The molecule has 0 aromatic heterocycles. The second-order valence-electron chi connectivity index (χ2n) is 5.34. The van der Waals surface area contributed by atoms with Crippen molar-refractivity contribution in [3.05, 3.63) is 11.8 Å². The van der Waals surface area contributed by atoms with Crippen LogP contribution in [0.15, 0.2) is 11.8 Å². The minimum Gasteiger partial charge on any atom is -0.490 e. The van der Waals surface area contributed by atoms with Crippen LogP contribution in [0.3, 0.4) is 0 Å². The number of Topliss-reactive ketones (excluding diaryl/α,β-unsaturated/α-hetero) is 1. The number of hydrogen-bond donors (Lipinski definition) is 0. The fourth-order valence-electron chi connectivity index (χ4n) is 1.46. The third-order valence-corrected chi connectivity index (χ3v) is 2.59. The fraction of sp³-hybridized carbons (Fsp3) is 0.692. The maximum Gasteiger partial charge on any atom is 0.410 e. The lowest BCUT2D eigenvalue weighted by molar-refractivity contribution is -0.122. The highest BCUT2D eigenvalue weighted by Gasteiger charge is 2.30. The van der Waals surface area contributed by atoms with Gasteiger partial charge in [0.2, 0.25) is 5.78 Å². The van der Waals surface area contributed by atoms with Crippen LogP contribution in [0, 0.1) is 0 Å². The van der Waals surface area contributed by atoms with Crippen molar-refractivity contribution < 1.29 is 19.1 Å². The van der Waals surface area contributed by atoms with E-state index in [-0.39, 0.29) is 5.78 Å². The predicted molar refractivity (Wildman–Crippen MR) is 67.1 cm³/mol. The molecule has 0 radical (unpaired) electrons. The quantitative estimate of drug-likeness (QED) is 0.775. The average Bonchev–Trinajstić information content (AvgIpc) is 2.77. The summed E-state index contributed by atoms with van der Waals surface area (Å²) in [5, 5.41) is 0. The molecule has 0 N–H and O–H groups in total. The topological polar surface area (TPSA) is 55.8 Å². The van der Waals surface area contributed by atoms with Crippen LogP contribution in [0.4, 0.5) is 4.79 Å². The highest BCUT2D eigenvalue weighted by atomic mass is 16.6. The number of ketones is 1. The van der Waals surface area contributed by atoms with Crippen molar-refractivity contribution in [3.63, 3.8) is 0 Å². The first-order valence-corrected chi connectivity index (χ1v) is 6.05. The van der Waals surface area contributed by atoms with E-state index in [9.17, 15) is 9.59 Å². The largest absolute Gasteiger partial charge is 0.490 e. The molecule has 5 heteroatoms. The van der Waals surface area contributed by atoms with Crippen molar-refractivity contribution >= 4 is 11.9 Å². The molecule has 1 atom stereocenters. The van der Waals surface area contributed by atoms with Gasteiger partial charge >= 0.3 is 6.09 Å². The molecule has 102 valence electrons. The smallest absolute Gasteiger partial charge is 0.410 e. The van der Waals surface area contributed by atoms with E-state index in [0.29, 0.717) is 12.4 Å². The van der Waals surface area contributed by atoms with Crippen LogP contribution in [-0.4, -0.2) is 42.1 Å². The molecule has 0 saturated carbocycles. The zero-order valence-corrected chi connectivity index (χ0v) is 11.6. The summed E-state index contributed by atoms with van der Waals surface area (Å²) in [5.74, 6) is 0.152. The summed E-state index contributed by atoms with van der Waals surface area (Å²) in [6.45, 7) is 7.55. The van der Waals surface area contributed by atoms with Crippen molar-refractivity contribution in [3.8, 4) is 0 Å². The first-order chi connectivity index (χ1) is 8.22. The van der Waals surface area contributed by atoms with E-state index in [1.165, 1.54) is 4.90 Å². The van der Waals surface area contributed by atoms with Crippen LogP contribution < -0.4 is 0 Å². The fourth-order valence-corrected chi connectivity index (χ4v) is 1.46. The molecule has 1 rings (SSSR count). The lowest BCUT2D eigenvalue weighted by atomic mass is 10.1. The summed E-state index contributed by atoms with van der Waals surface area (Å²) in [7, 11) is 1.55. The number of hydrogen-bond acceptors (Lipinski definition) is 4. The molecule has 1 heterocycles. The number of amides is 1. The number of ether oxygens (including phenoxy) is 2. The van der Waals surface area contributed by atoms with Gasteiger partial charge in [0, 0.05) is 13.5 Å². The molecule has 0 saturated heterocycles. The molecule has 0 bridgehead atoms. The van der Waals surface area contributed by atoms with E-state index < -0.39 is 17.7 Å². The highest BCUT2D eigenvalue weighted by molar-refractivity contribution is 5.99. The van der Waals surface area contributed by atoms with Gasteiger partial charge in [0.1, 0.15) is 5.60 Å². The van der Waals surface area contributed by atoms with E-state index in [1.54, 1.807) is 40.8 Å². The molecule has 1 aliphatic heterocycles. The standard InChI is InChI=1S/C13H21NO4/c1-9(11(15)10-7-6-8-17-10)14(5)12(16)18-13(2,3)4/h7,9H,6,8H2,1-5H3/t9-/m0/s1. The van der Waals surface area contributed by atoms with Crippen LogP contribution in [0.25, 0.3) is 0 Å². The SMILES string of the molecule is C[C@@H](C(=O)C1=CCCO1)N(C)C(=O)OC(C)(C)C. The summed E-state index contributed by atoms with van der Waals surface area (Å²) in [4.78, 5) is 25.1. The van der Waals surface area contributed by atoms with Gasteiger partial charge in [0.15, 0.2) is 5.76 Å². The third-order valence-electron chi connectivity index (χ3n) is 2.59. The lowest BCUT2D eigenvalue weighted by Gasteiger charge is -2.28. The van der Waals surface area contributed by atoms with Crippen LogP contribution in [0.2, 0.25) is 0 Å². The Hall–Kier alpha value is -1.52. The van der Waals surface area contributed by atoms with Gasteiger partial charge in [-0.05, 0) is 33.8 Å². The maximum absolute atomic E-state index is 12.0. The number of likely N-dealkylation sites (N-methyl/N-ethyl adjacent to an activating group) is 1. The first kappa shape index (κ1) is 14.5. The molecule has 0 aliphatic carbocycles. The molecule has 0 fully saturated rings. The first-order valence-electron chi connectivity index (χ1n) is 6.05. The second-order valence-corrected chi connectivity index (χ2v) is 5.34. The zero-order chi connectivity index (χ0) is 13.9. The van der Waals surface area contributed by atoms with Crippen molar-refractivity contribution in [2.75, 3.05) is 13.7 Å². The zero-order valence-electron chi connectivity index (χ0n) is 11.6. The van der Waals surface area contributed by atoms with Crippen molar-refractivity contribution in [2.24, 2.45) is 0 Å². The minimum absolute atomic E-state index is 0.194. The molecule has 1 aliphatic rings. The van der Waals surface area contributed by atoms with Gasteiger partial charge in [-0.2, -0.15) is 0 Å². The van der Waals surface area contributed by atoms with Gasteiger partial charge in [-0.15, -0.1) is 0 Å². The minimum atomic E-state index is -0.593. The number of rotatable bonds is 3. The Balaban J connectivity index is 2.63. The van der Waals surface area contributed by atoms with Crippen LogP contribution in [0.5, 0.6) is 0 Å². The molecule has 18 heavy (non-hydrogen) atoms. The van der Waals surface area contributed by atoms with E-state index >= 15 is 0 Å². The van der Waals surface area contributed by atoms with Gasteiger partial charge in [-0.3, -0.25) is 4.79 Å². The summed E-state index contributed by atoms with van der Waals surface area (Å²) < 4.78 is 10.4. The second kappa shape index (κ2) is 5.42. The van der Waals surface area contributed by atoms with Gasteiger partial charge in [0.25, 0.3) is 0 Å². The van der Waals surface area contributed by atoms with E-state index in [0.717, 1.165) is 6.42 Å². The lowest BCUT2D eigenvalue weighted by Crippen LogP contribution is -2.43. The molecule has 0 unspecified atom stereocenters. The maximum atomic E-state index is 12.0. The number of carbonyl (C=O) groups excluding carboxylic acids is 2. The van der Waals surface area contributed by atoms with E-state index in [4.69, 9.17) is 9.47 Å². The van der Waals surface area contributed by atoms with Gasteiger partial charge in [-0.25, -0.2) is 4.79 Å². The van der Waals surface area contributed by atoms with Crippen LogP contribution in [-0.2, 0) is 14.3 Å². The average molecular weight is 255 g/mol. The summed E-state index contributed by atoms with van der Waals surface area (Å²) in [6.07, 6.45) is 1.98. The third kappa shape index (κ3) is 3.75. The van der Waals surface area contributed by atoms with Gasteiger partial charge < -0.3 is 14.4 Å². The molecule has 0 aromatic carbocycles. The Kier molecular flexibility index (Phi) is 4.38. The Morgan fingerprint density at radius 3 is 2.50 bits per heavy atom. The van der Waals surface area contributed by atoms with Gasteiger partial charge in [-0.1, -0.05) is 0 Å². The van der Waals surface area contributed by atoms with Crippen LogP contribution >= 0.6 is 0 Å². The predicted octanol–water partition coefficient (Wildman–Crippen LogP) is 2.12. The highest BCUT2D eigenvalue weighted by Crippen LogP contribution is 2.16. The molecule has 5 nitrogen and oxygen atoms in total. The monoisotopic (exact) mass is 255 g/mol. The number of nitrogens with zero attached hydrogens (tertiary/aromatic N) is 1. The van der Waals surface area contributed by atoms with Crippen LogP contribution in [0.1, 0.15) is 34.1 Å². The molecule has 1 amide bonds. The van der Waals surface area contributed by atoms with Crippen molar-refractivity contribution in [1.29, 1.82) is 0 Å². The number of carbonyl (C=O) groups is 2. The molecular formula is C13H21NO4. The summed E-state index contributed by atoms with van der Waals surface area (Å²) in [6, 6.07) is -0.593. The Morgan fingerprint density at radius 2 is 2.06 bits per heavy atom. The molecular weight excluding hydrogens is 234 g/mol. The van der Waals surface area contributed by atoms with E-state index in [2.05, 4.69) is 0 Å². The Bertz CT molecular complexity index is 368. The molecule has 0 aromatic rings. The van der Waals surface area contributed by atoms with Crippen molar-refractivity contribution in [2.45, 2.75) is 45.8 Å². The van der Waals surface area contributed by atoms with E-state index in [1.807, 2.05) is 0 Å². The van der Waals surface area contributed by atoms with Gasteiger partial charge in [0.05, 0.1) is 12.6 Å². The summed E-state index contributed by atoms with van der Waals surface area (Å²) in [5.41, 5.74) is -0.572. The summed E-state index contributed by atoms with van der Waals surface area (Å²) >= 11 is 0. The Morgan fingerprint density at radius 1 is 1.44 bits per heavy atom. The molecule has 0 spiro atoms. The Labute approximate surface area is 108 Å². The van der Waals surface area contributed by atoms with Crippen molar-refractivity contribution in [1.82, 2.24) is 4.90 Å².